The number of sulfonamides is 1. The van der Waals surface area contributed by atoms with Crippen molar-refractivity contribution < 1.29 is 26.5 Å². The molecule has 0 saturated carbocycles. The van der Waals surface area contributed by atoms with E-state index >= 15 is 0 Å². The molecule has 0 amide bonds. The second-order valence-corrected chi connectivity index (χ2v) is 6.95. The van der Waals surface area contributed by atoms with Gasteiger partial charge in [-0.25, -0.2) is 8.42 Å². The van der Waals surface area contributed by atoms with Gasteiger partial charge < -0.3 is 0 Å². The molecule has 0 fully saturated rings. The van der Waals surface area contributed by atoms with E-state index in [2.05, 4.69) is 10.2 Å². The van der Waals surface area contributed by atoms with Crippen molar-refractivity contribution in [1.82, 2.24) is 10.2 Å². The molecule has 8 nitrogen and oxygen atoms in total. The van der Waals surface area contributed by atoms with Gasteiger partial charge in [0.1, 0.15) is 5.02 Å². The zero-order valence-electron chi connectivity index (χ0n) is 10.5. The predicted octanol–water partition coefficient (Wildman–Crippen LogP) is 2.92. The lowest BCUT2D eigenvalue weighted by molar-refractivity contribution is -0.384. The summed E-state index contributed by atoms with van der Waals surface area (Å²) in [6, 6.07) is 2.62. The Balaban J connectivity index is 2.34. The summed E-state index contributed by atoms with van der Waals surface area (Å²) in [5.74, 6) is 0. The van der Waals surface area contributed by atoms with E-state index in [0.29, 0.717) is 6.07 Å². The first-order valence-corrected chi connectivity index (χ1v) is 8.06. The van der Waals surface area contributed by atoms with Gasteiger partial charge in [0.05, 0.1) is 9.82 Å². The lowest BCUT2D eigenvalue weighted by atomic mass is 10.3. The van der Waals surface area contributed by atoms with Gasteiger partial charge in [-0.1, -0.05) is 22.9 Å². The van der Waals surface area contributed by atoms with Crippen LogP contribution in [-0.4, -0.2) is 23.5 Å². The highest BCUT2D eigenvalue weighted by Crippen LogP contribution is 2.34. The molecule has 0 saturated heterocycles. The molecule has 1 heterocycles. The number of alkyl halides is 3. The zero-order chi connectivity index (χ0) is 17.4. The zero-order valence-corrected chi connectivity index (χ0v) is 12.9. The van der Waals surface area contributed by atoms with Gasteiger partial charge >= 0.3 is 6.18 Å². The second-order valence-electron chi connectivity index (χ2n) is 3.89. The van der Waals surface area contributed by atoms with E-state index in [4.69, 9.17) is 11.6 Å². The highest BCUT2D eigenvalue weighted by Gasteiger charge is 2.36. The first kappa shape index (κ1) is 17.4. The molecule has 1 aromatic heterocycles. The second kappa shape index (κ2) is 5.90. The molecule has 124 valence electrons. The van der Waals surface area contributed by atoms with Crippen molar-refractivity contribution in [2.24, 2.45) is 0 Å². The van der Waals surface area contributed by atoms with Gasteiger partial charge in [-0.3, -0.25) is 14.8 Å². The minimum Gasteiger partial charge on any atom is -0.258 e. The maximum atomic E-state index is 12.4. The van der Waals surface area contributed by atoms with Crippen LogP contribution in [0.2, 0.25) is 5.02 Å². The van der Waals surface area contributed by atoms with Crippen LogP contribution in [0.1, 0.15) is 5.01 Å². The Morgan fingerprint density at radius 2 is 1.96 bits per heavy atom. The molecule has 0 aliphatic heterocycles. The van der Waals surface area contributed by atoms with Crippen LogP contribution in [0.3, 0.4) is 0 Å². The van der Waals surface area contributed by atoms with Gasteiger partial charge in [0.15, 0.2) is 0 Å². The number of rotatable bonds is 4. The molecule has 0 bridgehead atoms. The SMILES string of the molecule is O=[N+]([O-])c1cc(S(=O)(=O)Nc2nnc(C(F)(F)F)s2)ccc1Cl. The van der Waals surface area contributed by atoms with Gasteiger partial charge in [0, 0.05) is 6.07 Å². The number of aromatic nitrogens is 2. The number of hydrogen-bond acceptors (Lipinski definition) is 7. The molecule has 0 aliphatic carbocycles. The van der Waals surface area contributed by atoms with Crippen LogP contribution < -0.4 is 4.72 Å². The molecule has 0 unspecified atom stereocenters. The average molecular weight is 389 g/mol. The summed E-state index contributed by atoms with van der Waals surface area (Å²) in [7, 11) is -4.39. The third-order valence-electron chi connectivity index (χ3n) is 2.31. The van der Waals surface area contributed by atoms with E-state index in [1.807, 2.05) is 0 Å². The lowest BCUT2D eigenvalue weighted by Gasteiger charge is -2.05. The Morgan fingerprint density at radius 1 is 1.30 bits per heavy atom. The maximum Gasteiger partial charge on any atom is 0.445 e. The lowest BCUT2D eigenvalue weighted by Crippen LogP contribution is -2.13. The summed E-state index contributed by atoms with van der Waals surface area (Å²) in [4.78, 5) is 9.28. The summed E-state index contributed by atoms with van der Waals surface area (Å²) in [5.41, 5.74) is -0.664. The topological polar surface area (TPSA) is 115 Å². The van der Waals surface area contributed by atoms with Gasteiger partial charge in [0.2, 0.25) is 10.1 Å². The fourth-order valence-electron chi connectivity index (χ4n) is 1.35. The Kier molecular flexibility index (Phi) is 4.45. The highest BCUT2D eigenvalue weighted by atomic mass is 35.5. The van der Waals surface area contributed by atoms with Crippen molar-refractivity contribution in [2.75, 3.05) is 4.72 Å². The van der Waals surface area contributed by atoms with Gasteiger partial charge in [-0.2, -0.15) is 13.2 Å². The fourth-order valence-corrected chi connectivity index (χ4v) is 3.40. The van der Waals surface area contributed by atoms with Gasteiger partial charge in [-0.15, -0.1) is 10.2 Å². The largest absolute Gasteiger partial charge is 0.445 e. The first-order chi connectivity index (χ1) is 10.5. The Hall–Kier alpha value is -1.99. The van der Waals surface area contributed by atoms with Crippen LogP contribution in [0, 0.1) is 10.1 Å². The van der Waals surface area contributed by atoms with Crippen LogP contribution in [0.15, 0.2) is 23.1 Å². The van der Waals surface area contributed by atoms with Crippen molar-refractivity contribution in [1.29, 1.82) is 0 Å². The standard InChI is InChI=1S/C9H4ClF3N4O4S2/c10-5-2-1-4(3-6(5)17(18)19)23(20,21)16-8-15-14-7(22-8)9(11,12)13/h1-3H,(H,15,16). The third kappa shape index (κ3) is 3.86. The van der Waals surface area contributed by atoms with Crippen LogP contribution in [0.4, 0.5) is 24.0 Å². The van der Waals surface area contributed by atoms with Crippen LogP contribution in [0.5, 0.6) is 0 Å². The van der Waals surface area contributed by atoms with E-state index in [9.17, 15) is 31.7 Å². The van der Waals surface area contributed by atoms with E-state index in [0.717, 1.165) is 12.1 Å². The molecule has 0 radical (unpaired) electrons. The number of nitrogens with zero attached hydrogens (tertiary/aromatic N) is 3. The molecule has 1 aromatic carbocycles. The Morgan fingerprint density at radius 3 is 2.48 bits per heavy atom. The molecular weight excluding hydrogens is 385 g/mol. The maximum absolute atomic E-state index is 12.4. The van der Waals surface area contributed by atoms with E-state index in [-0.39, 0.29) is 16.4 Å². The average Bonchev–Trinajstić information content (AvgIpc) is 2.86. The predicted molar refractivity (Wildman–Crippen MR) is 73.8 cm³/mol. The summed E-state index contributed by atoms with van der Waals surface area (Å²) in [6.07, 6.45) is -4.76. The molecule has 2 rings (SSSR count). The molecule has 0 atom stereocenters. The number of nitrogens with one attached hydrogen (secondary N) is 1. The Labute approximate surface area is 135 Å². The third-order valence-corrected chi connectivity index (χ3v) is 4.98. The number of nitro groups is 1. The van der Waals surface area contributed by atoms with E-state index < -0.39 is 41.8 Å². The van der Waals surface area contributed by atoms with Crippen molar-refractivity contribution >= 4 is 43.8 Å². The van der Waals surface area contributed by atoms with Crippen LogP contribution in [0.25, 0.3) is 0 Å². The van der Waals surface area contributed by atoms with E-state index in [1.165, 1.54) is 0 Å². The van der Waals surface area contributed by atoms with Crippen LogP contribution in [-0.2, 0) is 16.2 Å². The molecular formula is C9H4ClF3N4O4S2. The number of nitro benzene ring substituents is 1. The number of halogens is 4. The molecule has 1 N–H and O–H groups in total. The monoisotopic (exact) mass is 388 g/mol. The smallest absolute Gasteiger partial charge is 0.258 e. The quantitative estimate of drug-likeness (QED) is 0.636. The summed E-state index contributed by atoms with van der Waals surface area (Å²) < 4.78 is 63.0. The number of hydrogen-bond donors (Lipinski definition) is 1. The summed E-state index contributed by atoms with van der Waals surface area (Å²) in [6.45, 7) is 0. The highest BCUT2D eigenvalue weighted by molar-refractivity contribution is 7.93. The molecule has 0 spiro atoms. The van der Waals surface area contributed by atoms with Crippen LogP contribution >= 0.6 is 22.9 Å². The van der Waals surface area contributed by atoms with E-state index in [1.54, 1.807) is 4.72 Å². The Bertz CT molecular complexity index is 868. The van der Waals surface area contributed by atoms with Gasteiger partial charge in [-0.05, 0) is 12.1 Å². The number of anilines is 1. The molecule has 2 aromatic rings. The first-order valence-electron chi connectivity index (χ1n) is 5.38. The minimum absolute atomic E-state index is 0.0224. The normalized spacial score (nSPS) is 12.2. The molecule has 14 heteroatoms. The van der Waals surface area contributed by atoms with Crippen molar-refractivity contribution in [3.63, 3.8) is 0 Å². The summed E-state index contributed by atoms with van der Waals surface area (Å²) >= 11 is 5.53. The fraction of sp³-hybridized carbons (Fsp3) is 0.111. The van der Waals surface area contributed by atoms with Crippen molar-refractivity contribution in [3.8, 4) is 0 Å². The van der Waals surface area contributed by atoms with Crippen molar-refractivity contribution in [2.45, 2.75) is 11.1 Å². The summed E-state index contributed by atoms with van der Waals surface area (Å²) in [5, 5.41) is 14.4. The van der Waals surface area contributed by atoms with Gasteiger partial charge in [0.25, 0.3) is 15.7 Å². The van der Waals surface area contributed by atoms with Crippen molar-refractivity contribution in [3.05, 3.63) is 38.3 Å². The number of benzene rings is 1. The molecule has 23 heavy (non-hydrogen) atoms. The minimum atomic E-state index is -4.76. The molecule has 0 aliphatic rings.